The summed E-state index contributed by atoms with van der Waals surface area (Å²) >= 11 is 1.51. The van der Waals surface area contributed by atoms with Crippen molar-refractivity contribution in [1.82, 2.24) is 24.6 Å². The number of piperazine rings is 1. The minimum absolute atomic E-state index is 0.0808. The molecule has 27 heavy (non-hydrogen) atoms. The van der Waals surface area contributed by atoms with E-state index in [1.54, 1.807) is 13.8 Å². The number of aryl methyl sites for hydroxylation is 2. The Balaban J connectivity index is 1.60. The van der Waals surface area contributed by atoms with Gasteiger partial charge in [-0.05, 0) is 26.3 Å². The molecule has 0 aromatic carbocycles. The summed E-state index contributed by atoms with van der Waals surface area (Å²) in [5.41, 5.74) is 2.04. The van der Waals surface area contributed by atoms with Crippen molar-refractivity contribution in [1.29, 1.82) is 5.26 Å². The van der Waals surface area contributed by atoms with Crippen molar-refractivity contribution >= 4 is 17.2 Å². The fourth-order valence-electron chi connectivity index (χ4n) is 3.05. The third kappa shape index (κ3) is 4.23. The molecule has 0 unspecified atom stereocenters. The molecule has 1 fully saturated rings. The van der Waals surface area contributed by atoms with Crippen molar-refractivity contribution in [2.75, 3.05) is 26.2 Å². The van der Waals surface area contributed by atoms with Gasteiger partial charge in [0.05, 0.1) is 18.8 Å². The summed E-state index contributed by atoms with van der Waals surface area (Å²) in [6.07, 6.45) is 0.336. The Labute approximate surface area is 161 Å². The highest BCUT2D eigenvalue weighted by molar-refractivity contribution is 7.09. The van der Waals surface area contributed by atoms with Crippen LogP contribution in [0.5, 0.6) is 0 Å². The molecule has 0 N–H and O–H groups in total. The lowest BCUT2D eigenvalue weighted by Gasteiger charge is -2.34. The summed E-state index contributed by atoms with van der Waals surface area (Å²) in [5.74, 6) is 0.0808. The van der Waals surface area contributed by atoms with Gasteiger partial charge in [0.25, 0.3) is 5.56 Å². The maximum atomic E-state index is 12.4. The molecule has 2 aromatic rings. The Bertz CT molecular complexity index is 950. The highest BCUT2D eigenvalue weighted by Crippen LogP contribution is 2.12. The number of carbonyl (C=O) groups excluding carboxylic acids is 1. The van der Waals surface area contributed by atoms with Crippen LogP contribution in [0, 0.1) is 32.1 Å². The molecule has 142 valence electrons. The van der Waals surface area contributed by atoms with E-state index in [1.165, 1.54) is 16.0 Å². The normalized spacial score (nSPS) is 15.0. The van der Waals surface area contributed by atoms with Gasteiger partial charge in [0.2, 0.25) is 5.91 Å². The van der Waals surface area contributed by atoms with Gasteiger partial charge in [0, 0.05) is 37.3 Å². The Morgan fingerprint density at radius 1 is 1.26 bits per heavy atom. The predicted molar refractivity (Wildman–Crippen MR) is 101 cm³/mol. The number of rotatable bonds is 4. The van der Waals surface area contributed by atoms with Crippen LogP contribution in [0.1, 0.15) is 27.5 Å². The van der Waals surface area contributed by atoms with Gasteiger partial charge in [-0.25, -0.2) is 9.67 Å². The molecular weight excluding hydrogens is 364 g/mol. The second-order valence-electron chi connectivity index (χ2n) is 6.70. The van der Waals surface area contributed by atoms with Crippen LogP contribution < -0.4 is 5.56 Å². The zero-order chi connectivity index (χ0) is 19.6. The smallest absolute Gasteiger partial charge is 0.286 e. The van der Waals surface area contributed by atoms with Crippen molar-refractivity contribution in [2.45, 2.75) is 33.9 Å². The third-order valence-electron chi connectivity index (χ3n) is 4.78. The van der Waals surface area contributed by atoms with Gasteiger partial charge >= 0.3 is 0 Å². The molecule has 0 saturated carbocycles. The first kappa shape index (κ1) is 19.2. The number of aromatic nitrogens is 3. The number of nitriles is 1. The highest BCUT2D eigenvalue weighted by atomic mass is 32.1. The van der Waals surface area contributed by atoms with E-state index >= 15 is 0 Å². The van der Waals surface area contributed by atoms with Gasteiger partial charge in [0.1, 0.15) is 16.6 Å². The van der Waals surface area contributed by atoms with Crippen molar-refractivity contribution < 1.29 is 4.79 Å². The monoisotopic (exact) mass is 386 g/mol. The maximum Gasteiger partial charge on any atom is 0.286 e. The van der Waals surface area contributed by atoms with Crippen molar-refractivity contribution in [3.05, 3.63) is 43.3 Å². The van der Waals surface area contributed by atoms with Crippen LogP contribution in [0.25, 0.3) is 0 Å². The van der Waals surface area contributed by atoms with Gasteiger partial charge in [-0.3, -0.25) is 14.5 Å². The molecule has 1 saturated heterocycles. The van der Waals surface area contributed by atoms with Crippen molar-refractivity contribution in [3.8, 4) is 6.07 Å². The molecular formula is C18H22N6O2S. The molecule has 2 aromatic heterocycles. The minimum Gasteiger partial charge on any atom is -0.340 e. The lowest BCUT2D eigenvalue weighted by molar-refractivity contribution is -0.132. The molecule has 1 aliphatic heterocycles. The average molecular weight is 386 g/mol. The van der Waals surface area contributed by atoms with E-state index in [9.17, 15) is 14.9 Å². The fraction of sp³-hybridized carbons (Fsp3) is 0.500. The molecule has 0 radical (unpaired) electrons. The predicted octanol–water partition coefficient (Wildman–Crippen LogP) is 0.841. The van der Waals surface area contributed by atoms with Gasteiger partial charge in [-0.15, -0.1) is 11.3 Å². The van der Waals surface area contributed by atoms with Crippen LogP contribution in [0.2, 0.25) is 0 Å². The second-order valence-corrected chi connectivity index (χ2v) is 7.64. The Kier molecular flexibility index (Phi) is 5.68. The van der Waals surface area contributed by atoms with Crippen molar-refractivity contribution in [2.24, 2.45) is 0 Å². The molecule has 1 aliphatic rings. The van der Waals surface area contributed by atoms with Gasteiger partial charge in [-0.1, -0.05) is 0 Å². The summed E-state index contributed by atoms with van der Waals surface area (Å²) in [6, 6.07) is 1.98. The number of amides is 1. The quantitative estimate of drug-likeness (QED) is 0.773. The number of hydrogen-bond donors (Lipinski definition) is 0. The van der Waals surface area contributed by atoms with Gasteiger partial charge in [-0.2, -0.15) is 10.4 Å². The molecule has 3 rings (SSSR count). The zero-order valence-electron chi connectivity index (χ0n) is 15.7. The van der Waals surface area contributed by atoms with E-state index < -0.39 is 0 Å². The van der Waals surface area contributed by atoms with E-state index in [4.69, 9.17) is 0 Å². The number of hydrogen-bond acceptors (Lipinski definition) is 7. The summed E-state index contributed by atoms with van der Waals surface area (Å²) < 4.78 is 1.34. The lowest BCUT2D eigenvalue weighted by Crippen LogP contribution is -2.50. The van der Waals surface area contributed by atoms with Crippen LogP contribution in [-0.2, 0) is 17.9 Å². The number of thiazole rings is 1. The highest BCUT2D eigenvalue weighted by Gasteiger charge is 2.23. The summed E-state index contributed by atoms with van der Waals surface area (Å²) in [7, 11) is 0. The Hall–Kier alpha value is -2.57. The second kappa shape index (κ2) is 7.98. The first-order chi connectivity index (χ1) is 12.9. The van der Waals surface area contributed by atoms with E-state index in [2.05, 4.69) is 15.0 Å². The minimum atomic E-state index is -0.363. The first-order valence-corrected chi connectivity index (χ1v) is 9.66. The summed E-state index contributed by atoms with van der Waals surface area (Å²) in [5, 5.41) is 16.3. The van der Waals surface area contributed by atoms with Crippen LogP contribution >= 0.6 is 11.3 Å². The van der Waals surface area contributed by atoms with Crippen molar-refractivity contribution in [3.63, 3.8) is 0 Å². The van der Waals surface area contributed by atoms with Gasteiger partial charge in [0.15, 0.2) is 0 Å². The molecule has 0 spiro atoms. The average Bonchev–Trinajstić information content (AvgIpc) is 3.05. The summed E-state index contributed by atoms with van der Waals surface area (Å²) in [6.45, 7) is 8.30. The fourth-order valence-corrected chi connectivity index (χ4v) is 3.82. The first-order valence-electron chi connectivity index (χ1n) is 8.78. The molecule has 0 atom stereocenters. The topological polar surface area (TPSA) is 95.1 Å². The van der Waals surface area contributed by atoms with Crippen LogP contribution in [0.3, 0.4) is 0 Å². The standard InChI is InChI=1S/C18H22N6O2S/c1-12-10-27-16(20-12)8-17(25)23-6-4-22(5-7-23)11-24-18(26)15(9-19)13(2)14(3)21-24/h10H,4-8,11H2,1-3H3. The molecule has 0 aliphatic carbocycles. The van der Waals surface area contributed by atoms with Crippen LogP contribution in [0.4, 0.5) is 0 Å². The molecule has 8 nitrogen and oxygen atoms in total. The molecule has 9 heteroatoms. The number of carbonyl (C=O) groups is 1. The van der Waals surface area contributed by atoms with E-state index in [0.29, 0.717) is 50.5 Å². The Morgan fingerprint density at radius 2 is 1.96 bits per heavy atom. The van der Waals surface area contributed by atoms with E-state index in [-0.39, 0.29) is 17.0 Å². The molecule has 0 bridgehead atoms. The zero-order valence-corrected chi connectivity index (χ0v) is 16.5. The molecule has 3 heterocycles. The van der Waals surface area contributed by atoms with E-state index in [0.717, 1.165) is 10.7 Å². The largest absolute Gasteiger partial charge is 0.340 e. The Morgan fingerprint density at radius 3 is 2.56 bits per heavy atom. The maximum absolute atomic E-state index is 12.4. The van der Waals surface area contributed by atoms with Crippen LogP contribution in [-0.4, -0.2) is 56.7 Å². The number of nitrogens with zero attached hydrogens (tertiary/aromatic N) is 6. The van der Waals surface area contributed by atoms with Crippen LogP contribution in [0.15, 0.2) is 10.2 Å². The van der Waals surface area contributed by atoms with Gasteiger partial charge < -0.3 is 4.90 Å². The SMILES string of the molecule is Cc1csc(CC(=O)N2CCN(Cn3nc(C)c(C)c(C#N)c3=O)CC2)n1. The molecule has 1 amide bonds. The lowest BCUT2D eigenvalue weighted by atomic mass is 10.1. The third-order valence-corrected chi connectivity index (χ3v) is 5.74. The summed E-state index contributed by atoms with van der Waals surface area (Å²) in [4.78, 5) is 33.1. The van der Waals surface area contributed by atoms with E-state index in [1.807, 2.05) is 23.3 Å².